The third-order valence-electron chi connectivity index (χ3n) is 6.18. The van der Waals surface area contributed by atoms with Gasteiger partial charge in [0.15, 0.2) is 5.11 Å². The van der Waals surface area contributed by atoms with Crippen LogP contribution in [0.2, 0.25) is 0 Å². The number of anilines is 3. The highest BCUT2D eigenvalue weighted by molar-refractivity contribution is 7.80. The Balaban J connectivity index is 1.51. The number of nitrogens with one attached hydrogen (secondary N) is 2. The maximum absolute atomic E-state index is 5.59. The lowest BCUT2D eigenvalue weighted by molar-refractivity contribution is 0.122. The predicted octanol–water partition coefficient (Wildman–Crippen LogP) is 3.17. The normalized spacial score (nSPS) is 23.7. The molecule has 0 amide bonds. The van der Waals surface area contributed by atoms with Crippen molar-refractivity contribution in [3.8, 4) is 0 Å². The van der Waals surface area contributed by atoms with Crippen molar-refractivity contribution in [3.63, 3.8) is 0 Å². The van der Waals surface area contributed by atoms with Crippen LogP contribution in [0.15, 0.2) is 6.07 Å². The van der Waals surface area contributed by atoms with E-state index in [2.05, 4.69) is 33.4 Å². The van der Waals surface area contributed by atoms with Crippen molar-refractivity contribution < 1.29 is 4.74 Å². The molecule has 2 N–H and O–H groups in total. The van der Waals surface area contributed by atoms with Crippen LogP contribution in [0.25, 0.3) is 0 Å². The van der Waals surface area contributed by atoms with Crippen LogP contribution >= 0.6 is 12.2 Å². The minimum atomic E-state index is 0.466. The summed E-state index contributed by atoms with van der Waals surface area (Å²) in [5.74, 6) is 3.24. The van der Waals surface area contributed by atoms with E-state index in [1.165, 1.54) is 44.9 Å². The molecule has 29 heavy (non-hydrogen) atoms. The van der Waals surface area contributed by atoms with Crippen molar-refractivity contribution in [2.24, 2.45) is 5.92 Å². The van der Waals surface area contributed by atoms with Gasteiger partial charge in [-0.1, -0.05) is 26.2 Å². The summed E-state index contributed by atoms with van der Waals surface area (Å²) in [6.07, 6.45) is 8.77. The van der Waals surface area contributed by atoms with Gasteiger partial charge in [-0.05, 0) is 43.8 Å². The van der Waals surface area contributed by atoms with Crippen LogP contribution in [0, 0.1) is 5.92 Å². The third kappa shape index (κ3) is 5.69. The summed E-state index contributed by atoms with van der Waals surface area (Å²) in [6.45, 7) is 7.61. The van der Waals surface area contributed by atoms with Crippen LogP contribution < -0.4 is 20.4 Å². The van der Waals surface area contributed by atoms with E-state index in [9.17, 15) is 0 Å². The van der Waals surface area contributed by atoms with Crippen molar-refractivity contribution in [2.75, 3.05) is 54.5 Å². The van der Waals surface area contributed by atoms with Gasteiger partial charge in [-0.2, -0.15) is 9.97 Å². The zero-order valence-electron chi connectivity index (χ0n) is 17.5. The van der Waals surface area contributed by atoms with Crippen LogP contribution in [-0.2, 0) is 4.74 Å². The van der Waals surface area contributed by atoms with E-state index in [1.54, 1.807) is 0 Å². The van der Waals surface area contributed by atoms with E-state index in [4.69, 9.17) is 26.9 Å². The van der Waals surface area contributed by atoms with E-state index >= 15 is 0 Å². The number of piperidine rings is 1. The average Bonchev–Trinajstić information content (AvgIpc) is 2.75. The molecule has 0 unspecified atom stereocenters. The molecule has 0 bridgehead atoms. The zero-order chi connectivity index (χ0) is 20.1. The molecule has 160 valence electrons. The Morgan fingerprint density at radius 1 is 1.00 bits per heavy atom. The SMILES string of the molecule is C[C@H]1CCCN(c2cc(N3CCOCC3)nc(NC(=S)NC3CCCCC3)n2)C1. The van der Waals surface area contributed by atoms with Gasteiger partial charge < -0.3 is 25.2 Å². The monoisotopic (exact) mass is 418 g/mol. The Morgan fingerprint density at radius 3 is 2.45 bits per heavy atom. The van der Waals surface area contributed by atoms with Gasteiger partial charge in [0.1, 0.15) is 11.6 Å². The number of rotatable bonds is 4. The molecule has 0 radical (unpaired) electrons. The number of nitrogens with zero attached hydrogens (tertiary/aromatic N) is 4. The lowest BCUT2D eigenvalue weighted by Gasteiger charge is -2.33. The number of hydrogen-bond acceptors (Lipinski definition) is 6. The Kier molecular flexibility index (Phi) is 7.02. The summed E-state index contributed by atoms with van der Waals surface area (Å²) in [6, 6.07) is 2.60. The first kappa shape index (κ1) is 20.6. The van der Waals surface area contributed by atoms with E-state index in [1.807, 2.05) is 0 Å². The molecule has 1 saturated carbocycles. The molecular weight excluding hydrogens is 384 g/mol. The highest BCUT2D eigenvalue weighted by Gasteiger charge is 2.22. The van der Waals surface area contributed by atoms with Crippen LogP contribution in [0.1, 0.15) is 51.9 Å². The van der Waals surface area contributed by atoms with Gasteiger partial charge in [0, 0.05) is 38.3 Å². The van der Waals surface area contributed by atoms with Crippen molar-refractivity contribution in [1.29, 1.82) is 0 Å². The highest BCUT2D eigenvalue weighted by atomic mass is 32.1. The van der Waals surface area contributed by atoms with Crippen LogP contribution in [0.3, 0.4) is 0 Å². The predicted molar refractivity (Wildman–Crippen MR) is 122 cm³/mol. The second kappa shape index (κ2) is 9.89. The fraction of sp³-hybridized carbons (Fsp3) is 0.762. The number of thiocarbonyl (C=S) groups is 1. The molecule has 8 heteroatoms. The summed E-state index contributed by atoms with van der Waals surface area (Å²) in [7, 11) is 0. The van der Waals surface area contributed by atoms with E-state index < -0.39 is 0 Å². The molecule has 1 atom stereocenters. The molecule has 7 nitrogen and oxygen atoms in total. The Labute approximate surface area is 179 Å². The maximum Gasteiger partial charge on any atom is 0.232 e. The summed E-state index contributed by atoms with van der Waals surface area (Å²) < 4.78 is 5.52. The second-order valence-electron chi connectivity index (χ2n) is 8.63. The number of morpholine rings is 1. The van der Waals surface area contributed by atoms with Crippen molar-refractivity contribution >= 4 is 34.9 Å². The topological polar surface area (TPSA) is 65.6 Å². The third-order valence-corrected chi connectivity index (χ3v) is 6.40. The molecule has 3 fully saturated rings. The minimum absolute atomic E-state index is 0.466. The Hall–Kier alpha value is -1.67. The summed E-state index contributed by atoms with van der Waals surface area (Å²) in [5, 5.41) is 7.37. The van der Waals surface area contributed by atoms with Gasteiger partial charge in [-0.15, -0.1) is 0 Å². The van der Waals surface area contributed by atoms with Crippen LogP contribution in [0.5, 0.6) is 0 Å². The summed E-state index contributed by atoms with van der Waals surface area (Å²) in [4.78, 5) is 14.3. The molecule has 0 spiro atoms. The molecule has 3 heterocycles. The number of ether oxygens (including phenoxy) is 1. The molecule has 1 aromatic rings. The molecule has 3 aliphatic rings. The Morgan fingerprint density at radius 2 is 1.72 bits per heavy atom. The van der Waals surface area contributed by atoms with Crippen molar-refractivity contribution in [2.45, 2.75) is 57.9 Å². The molecule has 0 aromatic carbocycles. The largest absolute Gasteiger partial charge is 0.378 e. The zero-order valence-corrected chi connectivity index (χ0v) is 18.3. The molecule has 2 aliphatic heterocycles. The van der Waals surface area contributed by atoms with E-state index in [-0.39, 0.29) is 0 Å². The van der Waals surface area contributed by atoms with Crippen molar-refractivity contribution in [3.05, 3.63) is 6.07 Å². The van der Waals surface area contributed by atoms with Crippen LogP contribution in [0.4, 0.5) is 17.6 Å². The first-order valence-electron chi connectivity index (χ1n) is 11.2. The van der Waals surface area contributed by atoms with Gasteiger partial charge in [0.05, 0.1) is 13.2 Å². The quantitative estimate of drug-likeness (QED) is 0.723. The smallest absolute Gasteiger partial charge is 0.232 e. The summed E-state index contributed by atoms with van der Waals surface area (Å²) >= 11 is 5.59. The molecular formula is C21H34N6OS. The highest BCUT2D eigenvalue weighted by Crippen LogP contribution is 2.26. The average molecular weight is 419 g/mol. The standard InChI is InChI=1S/C21H34N6OS/c1-16-6-5-9-27(15-16)19-14-18(26-10-12-28-13-11-26)23-20(24-19)25-21(29)22-17-7-3-2-4-8-17/h14,16-17H,2-13,15H2,1H3,(H2,22,23,24,25,29)/t16-/m0/s1. The first-order chi connectivity index (χ1) is 14.2. The van der Waals surface area contributed by atoms with Gasteiger partial charge in [-0.25, -0.2) is 0 Å². The van der Waals surface area contributed by atoms with E-state index in [0.717, 1.165) is 51.0 Å². The van der Waals surface area contributed by atoms with Gasteiger partial charge >= 0.3 is 0 Å². The van der Waals surface area contributed by atoms with Gasteiger partial charge in [0.2, 0.25) is 5.95 Å². The second-order valence-corrected chi connectivity index (χ2v) is 9.04. The summed E-state index contributed by atoms with van der Waals surface area (Å²) in [5.41, 5.74) is 0. The van der Waals surface area contributed by atoms with E-state index in [0.29, 0.717) is 23.0 Å². The minimum Gasteiger partial charge on any atom is -0.378 e. The van der Waals surface area contributed by atoms with Crippen molar-refractivity contribution in [1.82, 2.24) is 15.3 Å². The number of hydrogen-bond donors (Lipinski definition) is 2. The maximum atomic E-state index is 5.59. The lowest BCUT2D eigenvalue weighted by atomic mass is 9.96. The molecule has 1 aromatic heterocycles. The molecule has 4 rings (SSSR count). The fourth-order valence-electron chi connectivity index (χ4n) is 4.56. The number of aromatic nitrogens is 2. The van der Waals surface area contributed by atoms with Gasteiger partial charge in [-0.3, -0.25) is 0 Å². The molecule has 1 aliphatic carbocycles. The first-order valence-corrected chi connectivity index (χ1v) is 11.6. The Bertz CT molecular complexity index is 690. The fourth-order valence-corrected chi connectivity index (χ4v) is 4.82. The van der Waals surface area contributed by atoms with Crippen LogP contribution in [-0.4, -0.2) is 60.5 Å². The van der Waals surface area contributed by atoms with Gasteiger partial charge in [0.25, 0.3) is 0 Å². The lowest BCUT2D eigenvalue weighted by Crippen LogP contribution is -2.40. The molecule has 2 saturated heterocycles.